The summed E-state index contributed by atoms with van der Waals surface area (Å²) < 4.78 is 5.05. The summed E-state index contributed by atoms with van der Waals surface area (Å²) in [6.07, 6.45) is -0.237. The normalized spacial score (nSPS) is 10.0. The third-order valence-electron chi connectivity index (χ3n) is 3.20. The molecule has 2 rings (SSSR count). The first-order valence-corrected chi connectivity index (χ1v) is 7.28. The fourth-order valence-electron chi connectivity index (χ4n) is 2.28. The molecule has 0 fully saturated rings. The highest BCUT2D eigenvalue weighted by atomic mass is 16.5. The average molecular weight is 312 g/mol. The summed E-state index contributed by atoms with van der Waals surface area (Å²) in [4.78, 5) is 23.8. The third kappa shape index (κ3) is 5.14. The van der Waals surface area contributed by atoms with E-state index >= 15 is 0 Å². The van der Waals surface area contributed by atoms with E-state index in [-0.39, 0.29) is 18.2 Å². The van der Waals surface area contributed by atoms with Gasteiger partial charge in [0.25, 0.3) is 0 Å². The van der Waals surface area contributed by atoms with E-state index in [1.54, 1.807) is 31.4 Å². The number of amides is 2. The van der Waals surface area contributed by atoms with Crippen molar-refractivity contribution in [1.29, 1.82) is 0 Å². The van der Waals surface area contributed by atoms with Gasteiger partial charge in [-0.3, -0.25) is 9.59 Å². The van der Waals surface area contributed by atoms with Crippen LogP contribution in [0.25, 0.3) is 0 Å². The number of nitrogens with one attached hydrogen (secondary N) is 2. The first-order valence-electron chi connectivity index (χ1n) is 7.28. The summed E-state index contributed by atoms with van der Waals surface area (Å²) in [5.41, 5.74) is 3.44. The molecule has 2 amide bonds. The maximum atomic E-state index is 11.9. The Kier molecular flexibility index (Phi) is 5.36. The van der Waals surface area contributed by atoms with Crippen molar-refractivity contribution in [2.75, 3.05) is 17.7 Å². The number of anilines is 2. The molecule has 0 atom stereocenters. The molecule has 120 valence electrons. The van der Waals surface area contributed by atoms with E-state index in [2.05, 4.69) is 10.6 Å². The van der Waals surface area contributed by atoms with Gasteiger partial charge < -0.3 is 15.4 Å². The van der Waals surface area contributed by atoms with Gasteiger partial charge in [0.2, 0.25) is 11.8 Å². The van der Waals surface area contributed by atoms with Crippen LogP contribution in [0.3, 0.4) is 0 Å². The molecule has 2 N–H and O–H groups in total. The molecule has 0 aromatic heterocycles. The number of hydrogen-bond donors (Lipinski definition) is 2. The molecule has 0 unspecified atom stereocenters. The number of ether oxygens (including phenoxy) is 1. The molecule has 0 bridgehead atoms. The van der Waals surface area contributed by atoms with Crippen LogP contribution in [0.2, 0.25) is 0 Å². The minimum atomic E-state index is -0.364. The van der Waals surface area contributed by atoms with Crippen molar-refractivity contribution >= 4 is 23.2 Å². The molecule has 2 aromatic rings. The van der Waals surface area contributed by atoms with Crippen LogP contribution in [0.1, 0.15) is 17.5 Å². The summed E-state index contributed by atoms with van der Waals surface area (Å²) in [5.74, 6) is -0.00591. The van der Waals surface area contributed by atoms with Crippen LogP contribution in [0, 0.1) is 13.8 Å². The van der Waals surface area contributed by atoms with Crippen molar-refractivity contribution in [3.63, 3.8) is 0 Å². The SMILES string of the molecule is COc1ccc(NC(=O)CC(=O)Nc2cc(C)cc(C)c2)cc1. The highest BCUT2D eigenvalue weighted by Gasteiger charge is 2.10. The maximum absolute atomic E-state index is 11.9. The molecule has 0 saturated heterocycles. The molecule has 0 aliphatic rings. The zero-order chi connectivity index (χ0) is 16.8. The van der Waals surface area contributed by atoms with Crippen molar-refractivity contribution in [2.45, 2.75) is 20.3 Å². The van der Waals surface area contributed by atoms with Crippen molar-refractivity contribution in [3.05, 3.63) is 53.6 Å². The fraction of sp³-hybridized carbons (Fsp3) is 0.222. The van der Waals surface area contributed by atoms with Crippen LogP contribution in [0.15, 0.2) is 42.5 Å². The Bertz CT molecular complexity index is 688. The lowest BCUT2D eigenvalue weighted by Crippen LogP contribution is -2.21. The van der Waals surface area contributed by atoms with Gasteiger partial charge in [-0.2, -0.15) is 0 Å². The Morgan fingerprint density at radius 2 is 1.39 bits per heavy atom. The number of carbonyl (C=O) groups excluding carboxylic acids is 2. The minimum absolute atomic E-state index is 0.237. The Morgan fingerprint density at radius 1 is 0.870 bits per heavy atom. The Labute approximate surface area is 135 Å². The van der Waals surface area contributed by atoms with E-state index in [9.17, 15) is 9.59 Å². The first-order chi connectivity index (χ1) is 11.0. The lowest BCUT2D eigenvalue weighted by molar-refractivity contribution is -0.123. The van der Waals surface area contributed by atoms with Crippen molar-refractivity contribution < 1.29 is 14.3 Å². The second-order valence-corrected chi connectivity index (χ2v) is 5.38. The largest absolute Gasteiger partial charge is 0.497 e. The van der Waals surface area contributed by atoms with Gasteiger partial charge >= 0.3 is 0 Å². The maximum Gasteiger partial charge on any atom is 0.233 e. The number of hydrogen-bond acceptors (Lipinski definition) is 3. The van der Waals surface area contributed by atoms with Gasteiger partial charge in [-0.15, -0.1) is 0 Å². The molecular formula is C18H20N2O3. The summed E-state index contributed by atoms with van der Waals surface area (Å²) in [6, 6.07) is 12.7. The molecule has 0 radical (unpaired) electrons. The smallest absolute Gasteiger partial charge is 0.233 e. The monoisotopic (exact) mass is 312 g/mol. The summed E-state index contributed by atoms with van der Waals surface area (Å²) >= 11 is 0. The van der Waals surface area contributed by atoms with E-state index in [4.69, 9.17) is 4.74 Å². The van der Waals surface area contributed by atoms with E-state index < -0.39 is 0 Å². The number of benzene rings is 2. The molecule has 23 heavy (non-hydrogen) atoms. The highest BCUT2D eigenvalue weighted by molar-refractivity contribution is 6.08. The van der Waals surface area contributed by atoms with Gasteiger partial charge in [-0.1, -0.05) is 6.07 Å². The lowest BCUT2D eigenvalue weighted by Gasteiger charge is -2.08. The predicted molar refractivity (Wildman–Crippen MR) is 90.8 cm³/mol. The van der Waals surface area contributed by atoms with E-state index in [1.165, 1.54) is 0 Å². The third-order valence-corrected chi connectivity index (χ3v) is 3.20. The standard InChI is InChI=1S/C18H20N2O3/c1-12-8-13(2)10-15(9-12)20-18(22)11-17(21)19-14-4-6-16(23-3)7-5-14/h4-10H,11H2,1-3H3,(H,19,21)(H,20,22). The van der Waals surface area contributed by atoms with Gasteiger partial charge in [0, 0.05) is 11.4 Å². The van der Waals surface area contributed by atoms with Gasteiger partial charge in [0.15, 0.2) is 0 Å². The van der Waals surface area contributed by atoms with E-state index in [0.717, 1.165) is 11.1 Å². The number of methoxy groups -OCH3 is 1. The lowest BCUT2D eigenvalue weighted by atomic mass is 10.1. The van der Waals surface area contributed by atoms with Crippen LogP contribution in [-0.4, -0.2) is 18.9 Å². The number of carbonyl (C=O) groups is 2. The summed E-state index contributed by atoms with van der Waals surface area (Å²) in [7, 11) is 1.57. The minimum Gasteiger partial charge on any atom is -0.497 e. The second kappa shape index (κ2) is 7.45. The highest BCUT2D eigenvalue weighted by Crippen LogP contribution is 2.16. The Morgan fingerprint density at radius 3 is 1.91 bits per heavy atom. The molecular weight excluding hydrogens is 292 g/mol. The molecule has 2 aromatic carbocycles. The van der Waals surface area contributed by atoms with E-state index in [0.29, 0.717) is 17.1 Å². The van der Waals surface area contributed by atoms with Crippen LogP contribution in [-0.2, 0) is 9.59 Å². The van der Waals surface area contributed by atoms with Crippen LogP contribution < -0.4 is 15.4 Å². The number of rotatable bonds is 5. The zero-order valence-electron chi connectivity index (χ0n) is 13.5. The van der Waals surface area contributed by atoms with Gasteiger partial charge in [0.05, 0.1) is 7.11 Å². The summed E-state index contributed by atoms with van der Waals surface area (Å²) in [5, 5.41) is 5.42. The molecule has 0 aliphatic carbocycles. The van der Waals surface area contributed by atoms with Gasteiger partial charge in [0.1, 0.15) is 12.2 Å². The molecule has 0 spiro atoms. The molecule has 5 nitrogen and oxygen atoms in total. The predicted octanol–water partition coefficient (Wildman–Crippen LogP) is 3.28. The van der Waals surface area contributed by atoms with Crippen LogP contribution in [0.4, 0.5) is 11.4 Å². The summed E-state index contributed by atoms with van der Waals surface area (Å²) in [6.45, 7) is 3.91. The van der Waals surface area contributed by atoms with Crippen molar-refractivity contribution in [1.82, 2.24) is 0 Å². The Balaban J connectivity index is 1.90. The average Bonchev–Trinajstić information content (AvgIpc) is 2.46. The Hall–Kier alpha value is -2.82. The van der Waals surface area contributed by atoms with Gasteiger partial charge in [-0.05, 0) is 61.4 Å². The first kappa shape index (κ1) is 16.5. The van der Waals surface area contributed by atoms with Crippen LogP contribution >= 0.6 is 0 Å². The van der Waals surface area contributed by atoms with Crippen molar-refractivity contribution in [3.8, 4) is 5.75 Å². The quantitative estimate of drug-likeness (QED) is 0.833. The molecule has 0 aliphatic heterocycles. The van der Waals surface area contributed by atoms with Crippen molar-refractivity contribution in [2.24, 2.45) is 0 Å². The molecule has 0 heterocycles. The van der Waals surface area contributed by atoms with Crippen LogP contribution in [0.5, 0.6) is 5.75 Å². The van der Waals surface area contributed by atoms with E-state index in [1.807, 2.05) is 32.0 Å². The molecule has 5 heteroatoms. The molecule has 0 saturated carbocycles. The topological polar surface area (TPSA) is 67.4 Å². The second-order valence-electron chi connectivity index (χ2n) is 5.38. The zero-order valence-corrected chi connectivity index (χ0v) is 13.5. The fourth-order valence-corrected chi connectivity index (χ4v) is 2.28. The van der Waals surface area contributed by atoms with Gasteiger partial charge in [-0.25, -0.2) is 0 Å². The number of aryl methyl sites for hydroxylation is 2.